The zero-order valence-corrected chi connectivity index (χ0v) is 55.5. The number of nitriles is 2. The van der Waals surface area contributed by atoms with E-state index < -0.39 is 7.12 Å². The van der Waals surface area contributed by atoms with Gasteiger partial charge in [-0.05, 0) is 194 Å². The molecule has 0 fully saturated rings. The molecule has 16 aromatic carbocycles. The van der Waals surface area contributed by atoms with Gasteiger partial charge in [-0.1, -0.05) is 266 Å². The zero-order valence-electron chi connectivity index (χ0n) is 54.8. The van der Waals surface area contributed by atoms with Crippen LogP contribution in [0.3, 0.4) is 0 Å². The van der Waals surface area contributed by atoms with Crippen molar-refractivity contribution in [3.8, 4) is 113 Å². The van der Waals surface area contributed by atoms with Gasteiger partial charge in [-0.3, -0.25) is 0 Å². The van der Waals surface area contributed by atoms with Crippen molar-refractivity contribution in [1.29, 1.82) is 10.5 Å². The van der Waals surface area contributed by atoms with E-state index >= 15 is 0 Å². The molecule has 0 radical (unpaired) electrons. The van der Waals surface area contributed by atoms with Gasteiger partial charge < -0.3 is 18.9 Å². The van der Waals surface area contributed by atoms with E-state index in [-0.39, 0.29) is 0 Å². The van der Waals surface area contributed by atoms with Gasteiger partial charge in [0, 0.05) is 33.3 Å². The molecular formula is C92H58BClN4O4. The van der Waals surface area contributed by atoms with E-state index in [2.05, 4.69) is 206 Å². The number of hydrogen-bond donors (Lipinski definition) is 2. The molecule has 0 amide bonds. The number of fused-ring (bicyclic) bond motifs is 8. The Labute approximate surface area is 593 Å². The fourth-order valence-electron chi connectivity index (χ4n) is 13.5. The van der Waals surface area contributed by atoms with Crippen LogP contribution in [0.2, 0.25) is 5.02 Å². The predicted molar refractivity (Wildman–Crippen MR) is 418 cm³/mol. The molecule has 0 aliphatic rings. The van der Waals surface area contributed by atoms with Crippen molar-refractivity contribution < 1.29 is 18.9 Å². The third kappa shape index (κ3) is 12.9. The van der Waals surface area contributed by atoms with E-state index in [0.717, 1.165) is 94.5 Å². The molecule has 0 atom stereocenters. The third-order valence-electron chi connectivity index (χ3n) is 18.6. The van der Waals surface area contributed by atoms with Crippen molar-refractivity contribution in [2.45, 2.75) is 0 Å². The summed E-state index contributed by atoms with van der Waals surface area (Å²) in [5.41, 5.74) is 21.1. The van der Waals surface area contributed by atoms with Gasteiger partial charge in [0.25, 0.3) is 0 Å². The molecule has 18 aromatic rings. The topological polar surface area (TPSA) is 140 Å². The summed E-state index contributed by atoms with van der Waals surface area (Å²) in [5, 5.41) is 47.8. The number of hydrogen-bond acceptors (Lipinski definition) is 8. The average molecular weight is 1330 g/mol. The van der Waals surface area contributed by atoms with Crippen molar-refractivity contribution in [2.75, 3.05) is 0 Å². The number of nitrogens with zero attached hydrogens (tertiary/aromatic N) is 4. The molecule has 0 unspecified atom stereocenters. The summed E-state index contributed by atoms with van der Waals surface area (Å²) < 4.78 is 12.5. The van der Waals surface area contributed by atoms with Crippen LogP contribution < -0.4 is 5.46 Å². The van der Waals surface area contributed by atoms with E-state index in [1.165, 1.54) is 48.7 Å². The van der Waals surface area contributed by atoms with Crippen LogP contribution in [-0.4, -0.2) is 27.1 Å². The van der Waals surface area contributed by atoms with Crippen LogP contribution >= 0.6 is 11.6 Å². The van der Waals surface area contributed by atoms with Crippen molar-refractivity contribution in [3.63, 3.8) is 0 Å². The van der Waals surface area contributed by atoms with Gasteiger partial charge in [0.05, 0.1) is 23.3 Å². The Hall–Kier alpha value is -13.2. The monoisotopic (exact) mass is 1330 g/mol. The number of halogens is 1. The standard InChI is InChI=1S/C46H28N2O.C26H15ClN2O.C20H15BO2/c47-29-30-9-8-13-36(25-30)43-27-38(28-44-45(43)48-46(49-44)35-23-19-32(20-24-35)31-10-2-1-3-11-31)33-17-21-34(22-18-33)42-26-37-12-4-5-14-39(37)40-15-6-7-16-41(40)42;27-22-14-23(21-8-4-5-17(13-21)16-28)25-24(15-22)30-26(29-25)20-11-9-19(10-12-20)18-6-2-1-3-7-18;22-21(23)16-11-9-14(10-12-16)20-13-15-5-1-2-6-17(15)18-7-3-4-8-19(18)20/h1-28H;1-15H;1-13,22-23H. The van der Waals surface area contributed by atoms with Crippen molar-refractivity contribution in [1.82, 2.24) is 9.97 Å². The van der Waals surface area contributed by atoms with E-state index in [4.69, 9.17) is 30.4 Å². The van der Waals surface area contributed by atoms with Crippen LogP contribution in [0.25, 0.3) is 166 Å². The van der Waals surface area contributed by atoms with Crippen LogP contribution in [0.5, 0.6) is 0 Å². The quantitative estimate of drug-likeness (QED) is 0.102. The zero-order chi connectivity index (χ0) is 69.0. The molecule has 8 nitrogen and oxygen atoms in total. The normalized spacial score (nSPS) is 11.1. The van der Waals surface area contributed by atoms with Crippen LogP contribution in [0.15, 0.2) is 349 Å². The lowest BCUT2D eigenvalue weighted by atomic mass is 9.79. The second-order valence-corrected chi connectivity index (χ2v) is 25.4. The largest absolute Gasteiger partial charge is 0.488 e. The highest BCUT2D eigenvalue weighted by atomic mass is 35.5. The molecule has 18 rings (SSSR count). The van der Waals surface area contributed by atoms with E-state index in [9.17, 15) is 20.6 Å². The van der Waals surface area contributed by atoms with Gasteiger partial charge in [0.1, 0.15) is 11.0 Å². The summed E-state index contributed by atoms with van der Waals surface area (Å²) in [6.45, 7) is 0. The molecule has 2 N–H and O–H groups in total. The third-order valence-corrected chi connectivity index (χ3v) is 18.8. The summed E-state index contributed by atoms with van der Waals surface area (Å²) in [4.78, 5) is 9.76. The van der Waals surface area contributed by atoms with Gasteiger partial charge in [-0.25, -0.2) is 9.97 Å². The van der Waals surface area contributed by atoms with Gasteiger partial charge in [0.2, 0.25) is 11.8 Å². The van der Waals surface area contributed by atoms with Crippen LogP contribution in [0.1, 0.15) is 11.1 Å². The summed E-state index contributed by atoms with van der Waals surface area (Å²) in [5.74, 6) is 1.09. The molecule has 0 bridgehead atoms. The van der Waals surface area contributed by atoms with E-state index in [0.29, 0.717) is 44.6 Å². The fraction of sp³-hybridized carbons (Fsp3) is 0. The Morgan fingerprint density at radius 1 is 0.284 bits per heavy atom. The molecule has 0 spiro atoms. The lowest BCUT2D eigenvalue weighted by molar-refractivity contribution is 0.426. The molecule has 0 aliphatic carbocycles. The van der Waals surface area contributed by atoms with Crippen LogP contribution in [0, 0.1) is 22.7 Å². The number of aromatic nitrogens is 2. The highest BCUT2D eigenvalue weighted by Gasteiger charge is 2.20. The SMILES string of the molecule is N#Cc1cccc(-c2cc(-c3ccc(-c4cc5ccccc5c5ccccc45)cc3)cc3oc(-c4ccc(-c5ccccc5)cc4)nc23)c1.N#Cc1cccc(-c2cc(Cl)cc3oc(-c4ccc(-c5ccccc5)cc4)nc23)c1.OB(O)c1ccc(-c2cc3ccccc3c3ccccc23)cc1. The van der Waals surface area contributed by atoms with Crippen molar-refractivity contribution in [2.24, 2.45) is 0 Å². The molecule has 480 valence electrons. The number of rotatable bonds is 10. The van der Waals surface area contributed by atoms with Crippen LogP contribution in [-0.2, 0) is 0 Å². The maximum Gasteiger partial charge on any atom is 0.488 e. The lowest BCUT2D eigenvalue weighted by Crippen LogP contribution is -2.29. The number of oxazole rings is 2. The number of benzene rings is 16. The summed E-state index contributed by atoms with van der Waals surface area (Å²) in [6, 6.07) is 119. The Morgan fingerprint density at radius 3 is 1.09 bits per heavy atom. The molecule has 102 heavy (non-hydrogen) atoms. The van der Waals surface area contributed by atoms with Crippen LogP contribution in [0.4, 0.5) is 0 Å². The highest BCUT2D eigenvalue weighted by molar-refractivity contribution is 6.58. The Morgan fingerprint density at radius 2 is 0.637 bits per heavy atom. The minimum absolute atomic E-state index is 0.499. The Kier molecular flexibility index (Phi) is 17.4. The van der Waals surface area contributed by atoms with Gasteiger partial charge in [-0.15, -0.1) is 0 Å². The predicted octanol–water partition coefficient (Wildman–Crippen LogP) is 23.0. The molecule has 0 saturated carbocycles. The molecule has 0 aliphatic heterocycles. The average Bonchev–Trinajstić information content (AvgIpc) is 1.09. The second kappa shape index (κ2) is 27.9. The first-order valence-electron chi connectivity index (χ1n) is 33.4. The fourth-order valence-corrected chi connectivity index (χ4v) is 13.7. The smallest absolute Gasteiger partial charge is 0.436 e. The first-order valence-corrected chi connectivity index (χ1v) is 33.8. The second-order valence-electron chi connectivity index (χ2n) is 24.9. The molecular weight excluding hydrogens is 1270 g/mol. The minimum Gasteiger partial charge on any atom is -0.436 e. The Balaban J connectivity index is 0.000000129. The molecule has 0 saturated heterocycles. The summed E-state index contributed by atoms with van der Waals surface area (Å²) in [7, 11) is -1.43. The first kappa shape index (κ1) is 63.5. The van der Waals surface area contributed by atoms with E-state index in [1.807, 2.05) is 121 Å². The minimum atomic E-state index is -1.43. The molecule has 2 aromatic heterocycles. The van der Waals surface area contributed by atoms with Gasteiger partial charge >= 0.3 is 7.12 Å². The lowest BCUT2D eigenvalue weighted by Gasteiger charge is -2.12. The van der Waals surface area contributed by atoms with Crippen molar-refractivity contribution in [3.05, 3.63) is 356 Å². The van der Waals surface area contributed by atoms with Gasteiger partial charge in [0.15, 0.2) is 11.2 Å². The summed E-state index contributed by atoms with van der Waals surface area (Å²) in [6.07, 6.45) is 0. The maximum absolute atomic E-state index is 9.67. The van der Waals surface area contributed by atoms with Gasteiger partial charge in [-0.2, -0.15) is 10.5 Å². The Bertz CT molecular complexity index is 6240. The molecule has 2 heterocycles. The maximum atomic E-state index is 9.67. The van der Waals surface area contributed by atoms with E-state index in [1.54, 1.807) is 24.3 Å². The summed E-state index contributed by atoms with van der Waals surface area (Å²) >= 11 is 6.34. The highest BCUT2D eigenvalue weighted by Crippen LogP contribution is 2.42. The first-order chi connectivity index (χ1) is 50.2. The van der Waals surface area contributed by atoms with Crippen molar-refractivity contribution >= 4 is 89.5 Å². The molecule has 10 heteroatoms.